The Morgan fingerprint density at radius 2 is 1.75 bits per heavy atom. The number of nitrogens with two attached hydrogens (primary N) is 1. The van der Waals surface area contributed by atoms with Gasteiger partial charge in [-0.25, -0.2) is 0 Å². The molecule has 0 fully saturated rings. The zero-order valence-electron chi connectivity index (χ0n) is 12.0. The van der Waals surface area contributed by atoms with E-state index in [9.17, 15) is 4.21 Å². The van der Waals surface area contributed by atoms with Crippen LogP contribution < -0.4 is 5.73 Å². The summed E-state index contributed by atoms with van der Waals surface area (Å²) in [4.78, 5) is 0. The highest BCUT2D eigenvalue weighted by Gasteiger charge is 2.11. The standard InChI is InChI=1S/C17H21NOS/c1-13-8-9-16(10-14(13)2)17(18)12-20(19)11-15-6-4-3-5-7-15/h3-10,17H,11-12,18H2,1-2H3. The first-order valence-corrected chi connectivity index (χ1v) is 8.26. The quantitative estimate of drug-likeness (QED) is 0.917. The lowest BCUT2D eigenvalue weighted by Crippen LogP contribution is -2.19. The van der Waals surface area contributed by atoms with E-state index in [-0.39, 0.29) is 6.04 Å². The first kappa shape index (κ1) is 14.9. The van der Waals surface area contributed by atoms with Crippen molar-refractivity contribution >= 4 is 10.8 Å². The normalized spacial score (nSPS) is 13.9. The smallest absolute Gasteiger partial charge is 0.0486 e. The van der Waals surface area contributed by atoms with Gasteiger partial charge in [0.25, 0.3) is 0 Å². The van der Waals surface area contributed by atoms with E-state index in [1.807, 2.05) is 36.4 Å². The van der Waals surface area contributed by atoms with Gasteiger partial charge in [-0.1, -0.05) is 48.5 Å². The van der Waals surface area contributed by atoms with Gasteiger partial charge < -0.3 is 5.73 Å². The van der Waals surface area contributed by atoms with Crippen molar-refractivity contribution in [1.29, 1.82) is 0 Å². The molecule has 2 aromatic rings. The van der Waals surface area contributed by atoms with Crippen LogP contribution in [0.3, 0.4) is 0 Å². The van der Waals surface area contributed by atoms with Crippen molar-refractivity contribution in [3.63, 3.8) is 0 Å². The summed E-state index contributed by atoms with van der Waals surface area (Å²) in [6.07, 6.45) is 0. The molecule has 2 atom stereocenters. The summed E-state index contributed by atoms with van der Waals surface area (Å²) in [6, 6.07) is 15.9. The first-order valence-electron chi connectivity index (χ1n) is 6.78. The minimum absolute atomic E-state index is 0.168. The van der Waals surface area contributed by atoms with Crippen molar-refractivity contribution in [3.8, 4) is 0 Å². The fraction of sp³-hybridized carbons (Fsp3) is 0.294. The van der Waals surface area contributed by atoms with Crippen LogP contribution in [0.1, 0.15) is 28.3 Å². The Kier molecular flexibility index (Phi) is 5.10. The van der Waals surface area contributed by atoms with E-state index in [0.717, 1.165) is 11.1 Å². The molecule has 2 unspecified atom stereocenters. The van der Waals surface area contributed by atoms with Crippen molar-refractivity contribution in [2.24, 2.45) is 5.73 Å². The van der Waals surface area contributed by atoms with E-state index in [1.54, 1.807) is 0 Å². The van der Waals surface area contributed by atoms with E-state index in [4.69, 9.17) is 5.73 Å². The average Bonchev–Trinajstić information content (AvgIpc) is 2.42. The van der Waals surface area contributed by atoms with E-state index in [2.05, 4.69) is 26.0 Å². The van der Waals surface area contributed by atoms with Crippen molar-refractivity contribution in [1.82, 2.24) is 0 Å². The summed E-state index contributed by atoms with van der Waals surface area (Å²) in [6.45, 7) is 4.16. The molecule has 0 aromatic heterocycles. The maximum absolute atomic E-state index is 12.2. The van der Waals surface area contributed by atoms with E-state index < -0.39 is 10.8 Å². The minimum Gasteiger partial charge on any atom is -0.323 e. The van der Waals surface area contributed by atoms with Crippen LogP contribution >= 0.6 is 0 Å². The molecule has 2 N–H and O–H groups in total. The molecular formula is C17H21NOS. The summed E-state index contributed by atoms with van der Waals surface area (Å²) in [5.74, 6) is 1.07. The molecule has 0 aliphatic heterocycles. The Labute approximate surface area is 123 Å². The summed E-state index contributed by atoms with van der Waals surface area (Å²) in [7, 11) is -0.939. The lowest BCUT2D eigenvalue weighted by molar-refractivity contribution is 0.674. The molecule has 0 bridgehead atoms. The number of benzene rings is 2. The molecule has 0 spiro atoms. The SMILES string of the molecule is Cc1ccc(C(N)CS(=O)Cc2ccccc2)cc1C. The summed E-state index contributed by atoms with van der Waals surface area (Å²) >= 11 is 0. The molecule has 0 aliphatic rings. The van der Waals surface area contributed by atoms with E-state index in [1.165, 1.54) is 11.1 Å². The van der Waals surface area contributed by atoms with Crippen molar-refractivity contribution < 1.29 is 4.21 Å². The van der Waals surface area contributed by atoms with Crippen LogP contribution in [0.2, 0.25) is 0 Å². The van der Waals surface area contributed by atoms with Crippen LogP contribution in [0, 0.1) is 13.8 Å². The van der Waals surface area contributed by atoms with Gasteiger partial charge in [-0.05, 0) is 36.1 Å². The molecule has 3 heteroatoms. The van der Waals surface area contributed by atoms with Crippen LogP contribution in [-0.4, -0.2) is 9.96 Å². The van der Waals surface area contributed by atoms with Gasteiger partial charge in [-0.2, -0.15) is 0 Å². The molecule has 0 heterocycles. The first-order chi connectivity index (χ1) is 9.56. The Hall–Kier alpha value is -1.45. The van der Waals surface area contributed by atoms with Gasteiger partial charge in [0, 0.05) is 28.3 Å². The van der Waals surface area contributed by atoms with Gasteiger partial charge in [-0.3, -0.25) is 4.21 Å². The van der Waals surface area contributed by atoms with Crippen LogP contribution in [0.5, 0.6) is 0 Å². The Bertz CT molecular complexity index is 595. The second kappa shape index (κ2) is 6.82. The van der Waals surface area contributed by atoms with Crippen LogP contribution in [0.15, 0.2) is 48.5 Å². The highest BCUT2D eigenvalue weighted by Crippen LogP contribution is 2.17. The zero-order valence-corrected chi connectivity index (χ0v) is 12.8. The molecule has 2 rings (SSSR count). The third-order valence-electron chi connectivity index (χ3n) is 3.50. The fourth-order valence-corrected chi connectivity index (χ4v) is 3.39. The zero-order chi connectivity index (χ0) is 14.5. The number of hydrogen-bond acceptors (Lipinski definition) is 2. The molecule has 0 radical (unpaired) electrons. The van der Waals surface area contributed by atoms with Gasteiger partial charge in [0.1, 0.15) is 0 Å². The van der Waals surface area contributed by atoms with Gasteiger partial charge in [0.15, 0.2) is 0 Å². The van der Waals surface area contributed by atoms with Crippen molar-refractivity contribution in [3.05, 3.63) is 70.8 Å². The van der Waals surface area contributed by atoms with Gasteiger partial charge in [0.05, 0.1) is 0 Å². The summed E-state index contributed by atoms with van der Waals surface area (Å²) < 4.78 is 12.2. The van der Waals surface area contributed by atoms with E-state index in [0.29, 0.717) is 11.5 Å². The predicted octanol–water partition coefficient (Wildman–Crippen LogP) is 3.25. The topological polar surface area (TPSA) is 43.1 Å². The molecule has 2 aromatic carbocycles. The Balaban J connectivity index is 1.98. The Morgan fingerprint density at radius 1 is 1.05 bits per heavy atom. The highest BCUT2D eigenvalue weighted by molar-refractivity contribution is 7.84. The molecule has 0 aliphatic carbocycles. The number of hydrogen-bond donors (Lipinski definition) is 1. The third-order valence-corrected chi connectivity index (χ3v) is 4.88. The monoisotopic (exact) mass is 287 g/mol. The maximum Gasteiger partial charge on any atom is 0.0486 e. The Morgan fingerprint density at radius 3 is 2.40 bits per heavy atom. The van der Waals surface area contributed by atoms with Gasteiger partial charge in [-0.15, -0.1) is 0 Å². The van der Waals surface area contributed by atoms with Crippen LogP contribution in [0.25, 0.3) is 0 Å². The molecule has 0 saturated carbocycles. The van der Waals surface area contributed by atoms with Gasteiger partial charge in [0.2, 0.25) is 0 Å². The molecule has 0 saturated heterocycles. The second-order valence-electron chi connectivity index (χ2n) is 5.19. The third kappa shape index (κ3) is 4.02. The molecule has 106 valence electrons. The summed E-state index contributed by atoms with van der Waals surface area (Å²) in [5, 5.41) is 0. The molecule has 20 heavy (non-hydrogen) atoms. The van der Waals surface area contributed by atoms with Crippen molar-refractivity contribution in [2.45, 2.75) is 25.6 Å². The maximum atomic E-state index is 12.2. The highest BCUT2D eigenvalue weighted by atomic mass is 32.2. The largest absolute Gasteiger partial charge is 0.323 e. The lowest BCUT2D eigenvalue weighted by atomic mass is 10.0. The van der Waals surface area contributed by atoms with Crippen molar-refractivity contribution in [2.75, 3.05) is 5.75 Å². The fourth-order valence-electron chi connectivity index (χ4n) is 2.11. The molecular weight excluding hydrogens is 266 g/mol. The minimum atomic E-state index is -0.939. The predicted molar refractivity (Wildman–Crippen MR) is 86.0 cm³/mol. The van der Waals surface area contributed by atoms with Gasteiger partial charge >= 0.3 is 0 Å². The number of rotatable bonds is 5. The molecule has 0 amide bonds. The average molecular weight is 287 g/mol. The second-order valence-corrected chi connectivity index (χ2v) is 6.69. The molecule has 2 nitrogen and oxygen atoms in total. The van der Waals surface area contributed by atoms with Crippen LogP contribution in [-0.2, 0) is 16.6 Å². The van der Waals surface area contributed by atoms with Crippen LogP contribution in [0.4, 0.5) is 0 Å². The summed E-state index contributed by atoms with van der Waals surface area (Å²) in [5.41, 5.74) is 10.8. The number of aryl methyl sites for hydroxylation is 2. The lowest BCUT2D eigenvalue weighted by Gasteiger charge is -2.13. The van der Waals surface area contributed by atoms with E-state index >= 15 is 0 Å².